The van der Waals surface area contributed by atoms with E-state index in [4.69, 9.17) is 18.5 Å². The summed E-state index contributed by atoms with van der Waals surface area (Å²) >= 11 is 0. The third kappa shape index (κ3) is 36.1. The highest BCUT2D eigenvalue weighted by Crippen LogP contribution is 2.43. The van der Waals surface area contributed by atoms with Crippen LogP contribution in [-0.2, 0) is 32.7 Å². The Kier molecular flexibility index (Phi) is 36.2. The zero-order valence-corrected chi connectivity index (χ0v) is 37.9. The van der Waals surface area contributed by atoms with Crippen LogP contribution in [0, 0.1) is 0 Å². The van der Waals surface area contributed by atoms with Crippen LogP contribution in [-0.4, -0.2) is 92.3 Å². The van der Waals surface area contributed by atoms with Gasteiger partial charge in [-0.05, 0) is 71.3 Å². The van der Waals surface area contributed by atoms with E-state index in [0.717, 1.165) is 96.8 Å². The smallest absolute Gasteiger partial charge is 0.462 e. The largest absolute Gasteiger partial charge is 0.472 e. The fourth-order valence-corrected chi connectivity index (χ4v) is 7.61. The van der Waals surface area contributed by atoms with E-state index < -0.39 is 26.5 Å². The lowest BCUT2D eigenvalue weighted by Crippen LogP contribution is -2.45. The number of phosphoric acid groups is 1. The number of phosphoric ester groups is 1. The predicted molar refractivity (Wildman–Crippen MR) is 235 cm³/mol. The van der Waals surface area contributed by atoms with Gasteiger partial charge in [0.2, 0.25) is 0 Å². The number of nitrogens with zero attached hydrogens (tertiary/aromatic N) is 2. The molecular formula is C46H87N2O8P. The number of hydrogen-bond acceptors (Lipinski definition) is 9. The predicted octanol–water partition coefficient (Wildman–Crippen LogP) is 11.9. The second-order valence-corrected chi connectivity index (χ2v) is 17.7. The van der Waals surface area contributed by atoms with Gasteiger partial charge in [-0.25, -0.2) is 4.57 Å². The maximum absolute atomic E-state index is 12.8. The fraction of sp³-hybridized carbons (Fsp3) is 0.870. The average Bonchev–Trinajstić information content (AvgIpc) is 3.19. The minimum absolute atomic E-state index is 0.0440. The summed E-state index contributed by atoms with van der Waals surface area (Å²) in [5.41, 5.74) is 0. The lowest BCUT2D eigenvalue weighted by atomic mass is 10.1. The normalized spacial score (nSPS) is 15.7. The number of ether oxygens (including phenoxy) is 2. The standard InChI is InChI=1S/C46H87N2O8P/c1-4-6-8-10-12-14-16-18-20-22-24-26-28-30-32-34-45(49)53-42-44(43-55-57(51,52)54-41-40-48-38-36-47(3)37-39-48)56-46(50)35-33-31-29-27-25-23-21-19-17-15-13-11-9-7-5-2/h18-21,44H,4-17,22-43H2,1-3H3,(H,51,52)/b20-18-,21-19-/t44-/m1/s1. The highest BCUT2D eigenvalue weighted by molar-refractivity contribution is 7.47. The van der Waals surface area contributed by atoms with Crippen molar-refractivity contribution in [1.82, 2.24) is 9.80 Å². The van der Waals surface area contributed by atoms with Crippen LogP contribution < -0.4 is 0 Å². The van der Waals surface area contributed by atoms with Gasteiger partial charge in [-0.2, -0.15) is 0 Å². The first-order chi connectivity index (χ1) is 27.8. The number of esters is 2. The SMILES string of the molecule is CCCCCCCC/C=C\CCCCCCCC(=O)OC[C@H](COP(=O)(O)OCCN1CCN(C)CC1)OC(=O)CCCCCCC/C=C\CCCCCCCC. The molecule has 1 aliphatic heterocycles. The summed E-state index contributed by atoms with van der Waals surface area (Å²) in [5.74, 6) is -0.806. The molecule has 1 unspecified atom stereocenters. The Morgan fingerprint density at radius 1 is 0.579 bits per heavy atom. The number of carbonyl (C=O) groups excluding carboxylic acids is 2. The Balaban J connectivity index is 2.33. The molecule has 1 saturated heterocycles. The van der Waals surface area contributed by atoms with Crippen LogP contribution in [0.5, 0.6) is 0 Å². The third-order valence-corrected chi connectivity index (χ3v) is 11.7. The van der Waals surface area contributed by atoms with Crippen LogP contribution in [0.4, 0.5) is 0 Å². The molecule has 0 aromatic rings. The molecule has 0 radical (unpaired) electrons. The number of likely N-dealkylation sites (N-methyl/N-ethyl adjacent to an activating group) is 1. The van der Waals surface area contributed by atoms with Crippen molar-refractivity contribution in [2.45, 2.75) is 200 Å². The van der Waals surface area contributed by atoms with Crippen molar-refractivity contribution in [3.8, 4) is 0 Å². The van der Waals surface area contributed by atoms with Gasteiger partial charge in [0.1, 0.15) is 6.61 Å². The van der Waals surface area contributed by atoms with Crippen molar-refractivity contribution in [2.75, 3.05) is 59.6 Å². The summed E-state index contributed by atoms with van der Waals surface area (Å²) in [6.07, 6.45) is 39.3. The first kappa shape index (κ1) is 53.5. The molecule has 0 aliphatic carbocycles. The Morgan fingerprint density at radius 2 is 1.00 bits per heavy atom. The van der Waals surface area contributed by atoms with Crippen molar-refractivity contribution in [3.63, 3.8) is 0 Å². The zero-order valence-electron chi connectivity index (χ0n) is 37.0. The fourth-order valence-electron chi connectivity index (χ4n) is 6.87. The van der Waals surface area contributed by atoms with E-state index in [0.29, 0.717) is 13.0 Å². The maximum Gasteiger partial charge on any atom is 0.472 e. The van der Waals surface area contributed by atoms with Gasteiger partial charge in [-0.1, -0.05) is 141 Å². The maximum atomic E-state index is 12.8. The van der Waals surface area contributed by atoms with Crippen LogP contribution in [0.3, 0.4) is 0 Å². The summed E-state index contributed by atoms with van der Waals surface area (Å²) in [4.78, 5) is 40.1. The van der Waals surface area contributed by atoms with E-state index in [1.807, 2.05) is 0 Å². The summed E-state index contributed by atoms with van der Waals surface area (Å²) in [6.45, 7) is 8.04. The number of piperazine rings is 1. The van der Waals surface area contributed by atoms with Crippen LogP contribution in [0.2, 0.25) is 0 Å². The van der Waals surface area contributed by atoms with Crippen molar-refractivity contribution in [1.29, 1.82) is 0 Å². The molecule has 57 heavy (non-hydrogen) atoms. The summed E-state index contributed by atoms with van der Waals surface area (Å²) in [6, 6.07) is 0. The zero-order chi connectivity index (χ0) is 41.5. The van der Waals surface area contributed by atoms with Gasteiger partial charge >= 0.3 is 19.8 Å². The molecule has 2 atom stereocenters. The van der Waals surface area contributed by atoms with Gasteiger partial charge in [0.15, 0.2) is 6.10 Å². The van der Waals surface area contributed by atoms with Crippen LogP contribution in [0.25, 0.3) is 0 Å². The molecule has 0 aromatic heterocycles. The Bertz CT molecular complexity index is 1050. The third-order valence-electron chi connectivity index (χ3n) is 10.7. The van der Waals surface area contributed by atoms with Crippen LogP contribution in [0.15, 0.2) is 24.3 Å². The molecule has 1 rings (SSSR count). The molecule has 11 heteroatoms. The Labute approximate surface area is 349 Å². The van der Waals surface area contributed by atoms with E-state index in [1.165, 1.54) is 89.9 Å². The minimum atomic E-state index is -4.39. The van der Waals surface area contributed by atoms with E-state index in [9.17, 15) is 19.0 Å². The molecule has 1 N–H and O–H groups in total. The molecular weight excluding hydrogens is 739 g/mol. The van der Waals surface area contributed by atoms with E-state index >= 15 is 0 Å². The number of carbonyl (C=O) groups is 2. The molecule has 10 nitrogen and oxygen atoms in total. The molecule has 0 aromatic carbocycles. The number of rotatable bonds is 40. The Morgan fingerprint density at radius 3 is 1.47 bits per heavy atom. The van der Waals surface area contributed by atoms with Gasteiger partial charge < -0.3 is 19.3 Å². The second-order valence-electron chi connectivity index (χ2n) is 16.2. The van der Waals surface area contributed by atoms with E-state index in [2.05, 4.69) is 55.0 Å². The molecule has 0 spiro atoms. The quantitative estimate of drug-likeness (QED) is 0.0277. The molecule has 0 saturated carbocycles. The van der Waals surface area contributed by atoms with Gasteiger partial charge in [0.25, 0.3) is 0 Å². The monoisotopic (exact) mass is 827 g/mol. The first-order valence-corrected chi connectivity index (χ1v) is 24.9. The molecule has 334 valence electrons. The highest BCUT2D eigenvalue weighted by atomic mass is 31.2. The summed E-state index contributed by atoms with van der Waals surface area (Å²) in [5, 5.41) is 0. The number of hydrogen-bond donors (Lipinski definition) is 1. The van der Waals surface area contributed by atoms with Crippen molar-refractivity contribution >= 4 is 19.8 Å². The summed E-state index contributed by atoms with van der Waals surface area (Å²) < 4.78 is 34.2. The topological polar surface area (TPSA) is 115 Å². The highest BCUT2D eigenvalue weighted by Gasteiger charge is 2.26. The molecule has 0 amide bonds. The summed E-state index contributed by atoms with van der Waals surface area (Å²) in [7, 11) is -2.32. The lowest BCUT2D eigenvalue weighted by molar-refractivity contribution is -0.161. The van der Waals surface area contributed by atoms with Crippen LogP contribution >= 0.6 is 7.82 Å². The van der Waals surface area contributed by atoms with E-state index in [1.54, 1.807) is 0 Å². The molecule has 0 bridgehead atoms. The van der Waals surface area contributed by atoms with Crippen molar-refractivity contribution in [3.05, 3.63) is 24.3 Å². The van der Waals surface area contributed by atoms with Crippen LogP contribution in [0.1, 0.15) is 194 Å². The van der Waals surface area contributed by atoms with Gasteiger partial charge in [0.05, 0.1) is 13.2 Å². The molecule has 1 aliphatic rings. The number of unbranched alkanes of at least 4 members (excludes halogenated alkanes) is 22. The lowest BCUT2D eigenvalue weighted by Gasteiger charge is -2.32. The Hall–Kier alpha value is -1.55. The molecule has 1 fully saturated rings. The van der Waals surface area contributed by atoms with Gasteiger partial charge in [0, 0.05) is 45.6 Å². The van der Waals surface area contributed by atoms with Crippen molar-refractivity contribution in [2.24, 2.45) is 0 Å². The second kappa shape index (κ2) is 38.6. The number of allylic oxidation sites excluding steroid dienone is 4. The van der Waals surface area contributed by atoms with E-state index in [-0.39, 0.29) is 32.0 Å². The molecule has 1 heterocycles. The van der Waals surface area contributed by atoms with Gasteiger partial charge in [-0.3, -0.25) is 23.5 Å². The van der Waals surface area contributed by atoms with Crippen molar-refractivity contribution < 1.29 is 37.6 Å². The van der Waals surface area contributed by atoms with Gasteiger partial charge in [-0.15, -0.1) is 0 Å². The minimum Gasteiger partial charge on any atom is -0.462 e. The first-order valence-electron chi connectivity index (χ1n) is 23.4. The average molecular weight is 827 g/mol.